The molecule has 5 heteroatoms. The Kier molecular flexibility index (Phi) is 3.30. The molecular formula is C9H10N2O3. The lowest BCUT2D eigenvalue weighted by Crippen LogP contribution is -2.10. The Bertz CT molecular complexity index is 363. The minimum absolute atomic E-state index is 0.258. The van der Waals surface area contributed by atoms with Gasteiger partial charge >= 0.3 is 0 Å². The van der Waals surface area contributed by atoms with E-state index >= 15 is 0 Å². The van der Waals surface area contributed by atoms with E-state index in [2.05, 4.69) is 10.3 Å². The lowest BCUT2D eigenvalue weighted by molar-refractivity contribution is -0.114. The number of hydrogen-bond donors (Lipinski definition) is 2. The standard InChI is InChI=1S/C9H10N2O3/c1-6(13)11-9-4-7(2-3-10-9)8(14)5-12/h2-4,12H,5H2,1H3,(H,10,11,13). The zero-order valence-corrected chi connectivity index (χ0v) is 7.65. The number of aliphatic hydroxyl groups is 1. The van der Waals surface area contributed by atoms with Crippen LogP contribution in [0, 0.1) is 0 Å². The number of aliphatic hydroxyl groups excluding tert-OH is 1. The van der Waals surface area contributed by atoms with Gasteiger partial charge in [-0.25, -0.2) is 4.98 Å². The first-order valence-electron chi connectivity index (χ1n) is 4.01. The Balaban J connectivity index is 2.89. The van der Waals surface area contributed by atoms with Gasteiger partial charge in [-0.15, -0.1) is 0 Å². The number of hydrogen-bond acceptors (Lipinski definition) is 4. The fraction of sp³-hybridized carbons (Fsp3) is 0.222. The fourth-order valence-electron chi connectivity index (χ4n) is 0.944. The zero-order valence-electron chi connectivity index (χ0n) is 7.65. The van der Waals surface area contributed by atoms with Gasteiger partial charge in [-0.05, 0) is 12.1 Å². The van der Waals surface area contributed by atoms with Crippen molar-refractivity contribution in [3.8, 4) is 0 Å². The normalized spacial score (nSPS) is 9.57. The van der Waals surface area contributed by atoms with E-state index < -0.39 is 12.4 Å². The van der Waals surface area contributed by atoms with Crippen molar-refractivity contribution >= 4 is 17.5 Å². The lowest BCUT2D eigenvalue weighted by Gasteiger charge is -2.02. The predicted molar refractivity (Wildman–Crippen MR) is 50.0 cm³/mol. The summed E-state index contributed by atoms with van der Waals surface area (Å²) in [6.07, 6.45) is 1.40. The van der Waals surface area contributed by atoms with Gasteiger partial charge in [-0.1, -0.05) is 0 Å². The molecule has 2 N–H and O–H groups in total. The van der Waals surface area contributed by atoms with E-state index in [4.69, 9.17) is 5.11 Å². The number of ketones is 1. The van der Waals surface area contributed by atoms with Crippen LogP contribution in [0.3, 0.4) is 0 Å². The van der Waals surface area contributed by atoms with Crippen LogP contribution >= 0.6 is 0 Å². The molecule has 0 saturated carbocycles. The fourth-order valence-corrected chi connectivity index (χ4v) is 0.944. The van der Waals surface area contributed by atoms with Gasteiger partial charge in [0.2, 0.25) is 5.91 Å². The summed E-state index contributed by atoms with van der Waals surface area (Å²) < 4.78 is 0. The highest BCUT2D eigenvalue weighted by molar-refractivity contribution is 5.98. The number of amides is 1. The number of anilines is 1. The zero-order chi connectivity index (χ0) is 10.6. The van der Waals surface area contributed by atoms with Crippen LogP contribution in [0.2, 0.25) is 0 Å². The molecule has 14 heavy (non-hydrogen) atoms. The molecule has 0 spiro atoms. The summed E-state index contributed by atoms with van der Waals surface area (Å²) in [7, 11) is 0. The van der Waals surface area contributed by atoms with Gasteiger partial charge in [0.05, 0.1) is 0 Å². The van der Waals surface area contributed by atoms with Crippen molar-refractivity contribution in [2.45, 2.75) is 6.92 Å². The van der Waals surface area contributed by atoms with Crippen LogP contribution in [0.25, 0.3) is 0 Å². The number of carbonyl (C=O) groups excluding carboxylic acids is 2. The van der Waals surface area contributed by atoms with E-state index in [9.17, 15) is 9.59 Å². The summed E-state index contributed by atoms with van der Waals surface area (Å²) in [5.41, 5.74) is 0.325. The topological polar surface area (TPSA) is 79.3 Å². The second-order valence-corrected chi connectivity index (χ2v) is 2.69. The maximum absolute atomic E-state index is 11.1. The van der Waals surface area contributed by atoms with E-state index in [1.165, 1.54) is 25.3 Å². The number of pyridine rings is 1. The Labute approximate surface area is 80.8 Å². The van der Waals surface area contributed by atoms with Gasteiger partial charge in [0, 0.05) is 18.7 Å². The summed E-state index contributed by atoms with van der Waals surface area (Å²) in [6.45, 7) is 0.797. The third kappa shape index (κ3) is 2.63. The summed E-state index contributed by atoms with van der Waals surface area (Å²) in [4.78, 5) is 25.6. The van der Waals surface area contributed by atoms with Crippen LogP contribution in [-0.2, 0) is 4.79 Å². The molecule has 1 amide bonds. The molecule has 0 aliphatic heterocycles. The van der Waals surface area contributed by atoms with Crippen LogP contribution in [0.15, 0.2) is 18.3 Å². The number of carbonyl (C=O) groups is 2. The Morgan fingerprint density at radius 2 is 2.29 bits per heavy atom. The monoisotopic (exact) mass is 194 g/mol. The van der Waals surface area contributed by atoms with Crippen LogP contribution in [0.1, 0.15) is 17.3 Å². The molecule has 0 radical (unpaired) electrons. The van der Waals surface area contributed by atoms with Crippen molar-refractivity contribution in [2.24, 2.45) is 0 Å². The van der Waals surface area contributed by atoms with Gasteiger partial charge in [-0.2, -0.15) is 0 Å². The Morgan fingerprint density at radius 3 is 2.86 bits per heavy atom. The van der Waals surface area contributed by atoms with Crippen LogP contribution in [0.4, 0.5) is 5.82 Å². The lowest BCUT2D eigenvalue weighted by atomic mass is 10.2. The highest BCUT2D eigenvalue weighted by Crippen LogP contribution is 2.07. The molecule has 0 aromatic carbocycles. The predicted octanol–water partition coefficient (Wildman–Crippen LogP) is 0.215. The molecule has 0 fully saturated rings. The molecule has 1 aromatic heterocycles. The first-order chi connectivity index (χ1) is 6.63. The molecule has 0 aliphatic carbocycles. The minimum atomic E-state index is -0.552. The Morgan fingerprint density at radius 1 is 1.57 bits per heavy atom. The summed E-state index contributed by atoms with van der Waals surface area (Å²) in [5, 5.41) is 11.0. The van der Waals surface area contributed by atoms with Crippen molar-refractivity contribution < 1.29 is 14.7 Å². The third-order valence-corrected chi connectivity index (χ3v) is 1.53. The van der Waals surface area contributed by atoms with Gasteiger partial charge in [-0.3, -0.25) is 9.59 Å². The number of Topliss-reactive ketones (excluding diaryl/α,β-unsaturated/α-hetero) is 1. The second kappa shape index (κ2) is 4.48. The van der Waals surface area contributed by atoms with Crippen molar-refractivity contribution in [2.75, 3.05) is 11.9 Å². The Hall–Kier alpha value is -1.75. The summed E-state index contributed by atoms with van der Waals surface area (Å²) in [5.74, 6) is -0.359. The molecule has 1 aromatic rings. The highest BCUT2D eigenvalue weighted by Gasteiger charge is 2.05. The SMILES string of the molecule is CC(=O)Nc1cc(C(=O)CO)ccn1. The molecule has 0 atom stereocenters. The van der Waals surface area contributed by atoms with Gasteiger partial charge in [0.15, 0.2) is 5.78 Å². The quantitative estimate of drug-likeness (QED) is 0.674. The largest absolute Gasteiger partial charge is 0.388 e. The maximum atomic E-state index is 11.1. The average molecular weight is 194 g/mol. The smallest absolute Gasteiger partial charge is 0.222 e. The molecular weight excluding hydrogens is 184 g/mol. The molecule has 0 aliphatic rings. The summed E-state index contributed by atoms with van der Waals surface area (Å²) in [6, 6.07) is 2.89. The van der Waals surface area contributed by atoms with Crippen LogP contribution in [-0.4, -0.2) is 28.4 Å². The van der Waals surface area contributed by atoms with Crippen LogP contribution in [0.5, 0.6) is 0 Å². The van der Waals surface area contributed by atoms with E-state index in [1.807, 2.05) is 0 Å². The molecule has 5 nitrogen and oxygen atoms in total. The van der Waals surface area contributed by atoms with Crippen molar-refractivity contribution in [1.29, 1.82) is 0 Å². The van der Waals surface area contributed by atoms with Gasteiger partial charge in [0.1, 0.15) is 12.4 Å². The molecule has 0 unspecified atom stereocenters. The second-order valence-electron chi connectivity index (χ2n) is 2.69. The minimum Gasteiger partial charge on any atom is -0.388 e. The highest BCUT2D eigenvalue weighted by atomic mass is 16.3. The molecule has 0 saturated heterocycles. The number of nitrogens with one attached hydrogen (secondary N) is 1. The number of nitrogens with zero attached hydrogens (tertiary/aromatic N) is 1. The number of rotatable bonds is 3. The summed E-state index contributed by atoms with van der Waals surface area (Å²) >= 11 is 0. The van der Waals surface area contributed by atoms with E-state index in [-0.39, 0.29) is 5.91 Å². The van der Waals surface area contributed by atoms with E-state index in [0.717, 1.165) is 0 Å². The molecule has 1 rings (SSSR count). The van der Waals surface area contributed by atoms with Crippen LogP contribution < -0.4 is 5.32 Å². The molecule has 1 heterocycles. The van der Waals surface area contributed by atoms with Gasteiger partial charge < -0.3 is 10.4 Å². The number of aromatic nitrogens is 1. The first-order valence-corrected chi connectivity index (χ1v) is 4.01. The van der Waals surface area contributed by atoms with E-state index in [1.54, 1.807) is 0 Å². The maximum Gasteiger partial charge on any atom is 0.222 e. The van der Waals surface area contributed by atoms with Gasteiger partial charge in [0.25, 0.3) is 0 Å². The molecule has 0 bridgehead atoms. The third-order valence-electron chi connectivity index (χ3n) is 1.53. The van der Waals surface area contributed by atoms with E-state index in [0.29, 0.717) is 11.4 Å². The van der Waals surface area contributed by atoms with Crippen molar-refractivity contribution in [3.05, 3.63) is 23.9 Å². The van der Waals surface area contributed by atoms with Crippen molar-refractivity contribution in [3.63, 3.8) is 0 Å². The first kappa shape index (κ1) is 10.3. The molecule has 74 valence electrons. The average Bonchev–Trinajstić information content (AvgIpc) is 2.16. The van der Waals surface area contributed by atoms with Crippen molar-refractivity contribution in [1.82, 2.24) is 4.98 Å².